The van der Waals surface area contributed by atoms with E-state index in [4.69, 9.17) is 14.2 Å². The third-order valence-corrected chi connectivity index (χ3v) is 6.49. The Kier molecular flexibility index (Phi) is 16.4. The standard InChI is InChI=1S/C26H48O9/c1-4-6-8-10-12-14-19(16-21(27)28)34-22(29)17-20(15-13-11-9-7-5-2)35-26-25(32)24(31)23(30)18(3)33-26/h18-20,23-26,30-32H,4-17H2,1-3H3,(H,27,28)/t18?,19?,20?,23-,24?,25?,26?/m0/s1. The Morgan fingerprint density at radius 2 is 1.31 bits per heavy atom. The summed E-state index contributed by atoms with van der Waals surface area (Å²) in [5.74, 6) is -1.57. The summed E-state index contributed by atoms with van der Waals surface area (Å²) in [6.45, 7) is 5.82. The molecule has 1 heterocycles. The average molecular weight is 505 g/mol. The Balaban J connectivity index is 2.72. The van der Waals surface area contributed by atoms with Gasteiger partial charge in [-0.2, -0.15) is 0 Å². The zero-order valence-electron chi connectivity index (χ0n) is 21.8. The number of ether oxygens (including phenoxy) is 3. The maximum absolute atomic E-state index is 12.7. The van der Waals surface area contributed by atoms with E-state index in [1.807, 2.05) is 0 Å². The Hall–Kier alpha value is -1.26. The fraction of sp³-hybridized carbons (Fsp3) is 0.923. The molecule has 206 valence electrons. The van der Waals surface area contributed by atoms with E-state index in [1.165, 1.54) is 0 Å². The van der Waals surface area contributed by atoms with Crippen molar-refractivity contribution in [1.82, 2.24) is 0 Å². The van der Waals surface area contributed by atoms with Crippen LogP contribution in [0.4, 0.5) is 0 Å². The fourth-order valence-electron chi connectivity index (χ4n) is 4.30. The van der Waals surface area contributed by atoms with Crippen molar-refractivity contribution in [3.8, 4) is 0 Å². The summed E-state index contributed by atoms with van der Waals surface area (Å²) in [6, 6.07) is 0. The number of carboxylic acids is 1. The van der Waals surface area contributed by atoms with Crippen LogP contribution < -0.4 is 0 Å². The van der Waals surface area contributed by atoms with Crippen LogP contribution in [0.5, 0.6) is 0 Å². The molecule has 0 aromatic carbocycles. The highest BCUT2D eigenvalue weighted by atomic mass is 16.7. The SMILES string of the molecule is CCCCCCCC(CC(=O)O)OC(=O)CC(CCCCCCC)OC1OC(C)[C@H](O)C(O)C1O. The van der Waals surface area contributed by atoms with E-state index in [2.05, 4.69) is 13.8 Å². The maximum atomic E-state index is 12.7. The molecule has 6 unspecified atom stereocenters. The molecule has 1 aliphatic heterocycles. The second-order valence-electron chi connectivity index (χ2n) is 9.76. The van der Waals surface area contributed by atoms with Gasteiger partial charge in [-0.15, -0.1) is 0 Å². The molecule has 4 N–H and O–H groups in total. The molecule has 0 amide bonds. The molecule has 0 radical (unpaired) electrons. The van der Waals surface area contributed by atoms with Gasteiger partial charge < -0.3 is 34.6 Å². The largest absolute Gasteiger partial charge is 0.481 e. The summed E-state index contributed by atoms with van der Waals surface area (Å²) in [5, 5.41) is 39.5. The first-order chi connectivity index (χ1) is 16.7. The normalized spacial score (nSPS) is 26.3. The molecule has 7 atom stereocenters. The van der Waals surface area contributed by atoms with Crippen molar-refractivity contribution in [1.29, 1.82) is 0 Å². The van der Waals surface area contributed by atoms with Gasteiger partial charge in [0, 0.05) is 0 Å². The quantitative estimate of drug-likeness (QED) is 0.153. The van der Waals surface area contributed by atoms with E-state index >= 15 is 0 Å². The van der Waals surface area contributed by atoms with Gasteiger partial charge in [0.1, 0.15) is 24.4 Å². The smallest absolute Gasteiger partial charge is 0.308 e. The van der Waals surface area contributed by atoms with Gasteiger partial charge in [-0.3, -0.25) is 9.59 Å². The molecule has 35 heavy (non-hydrogen) atoms. The third kappa shape index (κ3) is 13.0. The zero-order chi connectivity index (χ0) is 26.2. The van der Waals surface area contributed by atoms with Gasteiger partial charge in [0.25, 0.3) is 0 Å². The monoisotopic (exact) mass is 504 g/mol. The number of aliphatic hydroxyl groups is 3. The second kappa shape index (κ2) is 18.1. The van der Waals surface area contributed by atoms with Crippen molar-refractivity contribution in [2.45, 2.75) is 154 Å². The molecule has 0 saturated carbocycles. The Morgan fingerprint density at radius 1 is 0.771 bits per heavy atom. The molecule has 0 aromatic heterocycles. The zero-order valence-corrected chi connectivity index (χ0v) is 21.8. The van der Waals surface area contributed by atoms with Crippen LogP contribution in [0.2, 0.25) is 0 Å². The summed E-state index contributed by atoms with van der Waals surface area (Å²) < 4.78 is 17.0. The third-order valence-electron chi connectivity index (χ3n) is 6.49. The van der Waals surface area contributed by atoms with Crippen LogP contribution in [0, 0.1) is 0 Å². The number of hydrogen-bond acceptors (Lipinski definition) is 8. The topological polar surface area (TPSA) is 143 Å². The number of carboxylic acid groups (broad SMARTS) is 1. The lowest BCUT2D eigenvalue weighted by Crippen LogP contribution is -2.58. The van der Waals surface area contributed by atoms with Crippen LogP contribution in [0.25, 0.3) is 0 Å². The van der Waals surface area contributed by atoms with Gasteiger partial charge in [-0.25, -0.2) is 0 Å². The van der Waals surface area contributed by atoms with Gasteiger partial charge in [0.05, 0.1) is 25.0 Å². The van der Waals surface area contributed by atoms with Gasteiger partial charge in [-0.1, -0.05) is 71.6 Å². The van der Waals surface area contributed by atoms with Gasteiger partial charge in [0.2, 0.25) is 0 Å². The number of unbranched alkanes of at least 4 members (excludes halogenated alkanes) is 8. The Bertz CT molecular complexity index is 585. The molecule has 1 aliphatic rings. The van der Waals surface area contributed by atoms with E-state index in [0.717, 1.165) is 64.2 Å². The summed E-state index contributed by atoms with van der Waals surface area (Å²) >= 11 is 0. The maximum Gasteiger partial charge on any atom is 0.308 e. The fourth-order valence-corrected chi connectivity index (χ4v) is 4.30. The summed E-state index contributed by atoms with van der Waals surface area (Å²) in [5.41, 5.74) is 0. The van der Waals surface area contributed by atoms with Crippen LogP contribution in [0.3, 0.4) is 0 Å². The average Bonchev–Trinajstić information content (AvgIpc) is 2.80. The predicted octanol–water partition coefficient (Wildman–Crippen LogP) is 3.70. The lowest BCUT2D eigenvalue weighted by atomic mass is 9.99. The number of carbonyl (C=O) groups is 2. The molecule has 1 fully saturated rings. The van der Waals surface area contributed by atoms with E-state index in [1.54, 1.807) is 6.92 Å². The molecule has 0 aliphatic carbocycles. The van der Waals surface area contributed by atoms with Gasteiger partial charge >= 0.3 is 11.9 Å². The van der Waals surface area contributed by atoms with Crippen molar-refractivity contribution in [2.24, 2.45) is 0 Å². The van der Waals surface area contributed by atoms with Gasteiger partial charge in [-0.05, 0) is 26.2 Å². The molecular formula is C26H48O9. The first-order valence-electron chi connectivity index (χ1n) is 13.5. The minimum Gasteiger partial charge on any atom is -0.481 e. The minimum absolute atomic E-state index is 0.112. The van der Waals surface area contributed by atoms with Crippen LogP contribution in [-0.4, -0.2) is 75.3 Å². The molecular weight excluding hydrogens is 456 g/mol. The van der Waals surface area contributed by atoms with Gasteiger partial charge in [0.15, 0.2) is 6.29 Å². The van der Waals surface area contributed by atoms with Crippen LogP contribution in [0.15, 0.2) is 0 Å². The molecule has 0 aromatic rings. The summed E-state index contributed by atoms with van der Waals surface area (Å²) in [7, 11) is 0. The van der Waals surface area contributed by atoms with Crippen LogP contribution >= 0.6 is 0 Å². The van der Waals surface area contributed by atoms with Crippen molar-refractivity contribution in [2.75, 3.05) is 0 Å². The number of aliphatic hydroxyl groups excluding tert-OH is 3. The highest BCUT2D eigenvalue weighted by Crippen LogP contribution is 2.25. The molecule has 1 saturated heterocycles. The Morgan fingerprint density at radius 3 is 1.86 bits per heavy atom. The molecule has 1 rings (SSSR count). The minimum atomic E-state index is -1.46. The first kappa shape index (κ1) is 31.8. The van der Waals surface area contributed by atoms with E-state index in [0.29, 0.717) is 12.8 Å². The molecule has 0 bridgehead atoms. The van der Waals surface area contributed by atoms with E-state index < -0.39 is 54.9 Å². The van der Waals surface area contributed by atoms with Crippen molar-refractivity contribution >= 4 is 11.9 Å². The number of aliphatic carboxylic acids is 1. The van der Waals surface area contributed by atoms with E-state index in [9.17, 15) is 30.0 Å². The van der Waals surface area contributed by atoms with E-state index in [-0.39, 0.29) is 12.8 Å². The van der Waals surface area contributed by atoms with Crippen molar-refractivity contribution in [3.05, 3.63) is 0 Å². The first-order valence-corrected chi connectivity index (χ1v) is 13.5. The number of hydrogen-bond donors (Lipinski definition) is 4. The molecule has 0 spiro atoms. The second-order valence-corrected chi connectivity index (χ2v) is 9.76. The number of esters is 1. The van der Waals surface area contributed by atoms with Crippen molar-refractivity contribution in [3.63, 3.8) is 0 Å². The lowest BCUT2D eigenvalue weighted by Gasteiger charge is -2.40. The number of carbonyl (C=O) groups excluding carboxylic acids is 1. The highest BCUT2D eigenvalue weighted by Gasteiger charge is 2.43. The highest BCUT2D eigenvalue weighted by molar-refractivity contribution is 5.72. The van der Waals surface area contributed by atoms with Crippen molar-refractivity contribution < 1.29 is 44.2 Å². The predicted molar refractivity (Wildman–Crippen MR) is 131 cm³/mol. The molecule has 9 nitrogen and oxygen atoms in total. The molecule has 9 heteroatoms. The summed E-state index contributed by atoms with van der Waals surface area (Å²) in [6.07, 6.45) is 3.42. The Labute approximate surface area is 210 Å². The van der Waals surface area contributed by atoms with Crippen LogP contribution in [-0.2, 0) is 23.8 Å². The lowest BCUT2D eigenvalue weighted by molar-refractivity contribution is -0.304. The summed E-state index contributed by atoms with van der Waals surface area (Å²) in [4.78, 5) is 24.0. The van der Waals surface area contributed by atoms with Crippen LogP contribution in [0.1, 0.15) is 111 Å². The number of rotatable bonds is 19.